The van der Waals surface area contributed by atoms with Crippen LogP contribution in [0.2, 0.25) is 0 Å². The van der Waals surface area contributed by atoms with Crippen molar-refractivity contribution in [3.05, 3.63) is 48.0 Å². The molecule has 0 aliphatic carbocycles. The molecule has 0 aliphatic heterocycles. The summed E-state index contributed by atoms with van der Waals surface area (Å²) in [4.78, 5) is 19.4. The van der Waals surface area contributed by atoms with E-state index in [1.54, 1.807) is 19.3 Å². The van der Waals surface area contributed by atoms with Gasteiger partial charge in [0, 0.05) is 12.4 Å². The minimum atomic E-state index is -0.559. The average Bonchev–Trinajstić information content (AvgIpc) is 3.01. The molecule has 1 aromatic heterocycles. The second-order valence-electron chi connectivity index (χ2n) is 5.02. The van der Waals surface area contributed by atoms with Gasteiger partial charge in [-0.1, -0.05) is 24.6 Å². The molecule has 1 heterocycles. The molecule has 5 nitrogen and oxygen atoms in total. The molecular formula is C16H21N3O2. The third-order valence-electron chi connectivity index (χ3n) is 3.28. The fourth-order valence-corrected chi connectivity index (χ4v) is 2.00. The molecule has 2 N–H and O–H groups in total. The number of carbonyl (C=O) groups excluding carboxylic acids is 1. The summed E-state index contributed by atoms with van der Waals surface area (Å²) < 4.78 is 5.65. The van der Waals surface area contributed by atoms with Gasteiger partial charge < -0.3 is 15.0 Å². The molecule has 0 saturated heterocycles. The molecule has 0 aliphatic rings. The molecule has 0 spiro atoms. The van der Waals surface area contributed by atoms with Crippen molar-refractivity contribution in [2.45, 2.75) is 39.3 Å². The fraction of sp³-hybridized carbons (Fsp3) is 0.375. The summed E-state index contributed by atoms with van der Waals surface area (Å²) in [6.45, 7) is 5.75. The van der Waals surface area contributed by atoms with Crippen molar-refractivity contribution in [1.29, 1.82) is 0 Å². The SMILES string of the molecule is CCC(NC(=O)C(C)Oc1ccc(C)cc1)c1ncc[nH]1. The van der Waals surface area contributed by atoms with Crippen LogP contribution in [0.25, 0.3) is 0 Å². The summed E-state index contributed by atoms with van der Waals surface area (Å²) in [5.41, 5.74) is 1.16. The quantitative estimate of drug-likeness (QED) is 0.858. The number of rotatable bonds is 6. The highest BCUT2D eigenvalue weighted by atomic mass is 16.5. The highest BCUT2D eigenvalue weighted by Crippen LogP contribution is 2.15. The minimum absolute atomic E-state index is 0.128. The topological polar surface area (TPSA) is 67.0 Å². The number of carbonyl (C=O) groups is 1. The molecule has 1 aromatic carbocycles. The lowest BCUT2D eigenvalue weighted by molar-refractivity contribution is -0.128. The third-order valence-corrected chi connectivity index (χ3v) is 3.28. The number of hydrogen-bond donors (Lipinski definition) is 2. The minimum Gasteiger partial charge on any atom is -0.481 e. The Morgan fingerprint density at radius 2 is 2.10 bits per heavy atom. The van der Waals surface area contributed by atoms with Crippen molar-refractivity contribution in [3.63, 3.8) is 0 Å². The zero-order chi connectivity index (χ0) is 15.2. The van der Waals surface area contributed by atoms with Crippen LogP contribution in [0.5, 0.6) is 5.75 Å². The van der Waals surface area contributed by atoms with Crippen molar-refractivity contribution >= 4 is 5.91 Å². The van der Waals surface area contributed by atoms with Gasteiger partial charge in [-0.25, -0.2) is 4.98 Å². The summed E-state index contributed by atoms with van der Waals surface area (Å²) in [6, 6.07) is 7.51. The molecule has 0 fully saturated rings. The number of nitrogens with one attached hydrogen (secondary N) is 2. The van der Waals surface area contributed by atoms with Crippen LogP contribution in [-0.2, 0) is 4.79 Å². The number of hydrogen-bond acceptors (Lipinski definition) is 3. The number of nitrogens with zero attached hydrogens (tertiary/aromatic N) is 1. The molecule has 5 heteroatoms. The summed E-state index contributed by atoms with van der Waals surface area (Å²) in [6.07, 6.45) is 3.63. The van der Waals surface area contributed by atoms with E-state index in [0.717, 1.165) is 17.8 Å². The first kappa shape index (κ1) is 15.1. The third kappa shape index (κ3) is 4.08. The van der Waals surface area contributed by atoms with Crippen molar-refractivity contribution in [2.75, 3.05) is 0 Å². The van der Waals surface area contributed by atoms with E-state index in [1.807, 2.05) is 38.1 Å². The molecule has 112 valence electrons. The van der Waals surface area contributed by atoms with E-state index in [0.29, 0.717) is 5.75 Å². The Morgan fingerprint density at radius 1 is 1.38 bits per heavy atom. The van der Waals surface area contributed by atoms with Gasteiger partial charge in [0.25, 0.3) is 5.91 Å². The van der Waals surface area contributed by atoms with Crippen LogP contribution in [0.1, 0.15) is 37.7 Å². The van der Waals surface area contributed by atoms with Gasteiger partial charge in [0.05, 0.1) is 6.04 Å². The van der Waals surface area contributed by atoms with Crippen LogP contribution in [-0.4, -0.2) is 22.0 Å². The molecule has 0 radical (unpaired) electrons. The standard InChI is InChI=1S/C16H21N3O2/c1-4-14(15-17-9-10-18-15)19-16(20)12(3)21-13-7-5-11(2)6-8-13/h5-10,12,14H,4H2,1-3H3,(H,17,18)(H,19,20). The molecule has 21 heavy (non-hydrogen) atoms. The van der Waals surface area contributed by atoms with Crippen molar-refractivity contribution in [3.8, 4) is 5.75 Å². The van der Waals surface area contributed by atoms with Crippen LogP contribution in [0.15, 0.2) is 36.7 Å². The van der Waals surface area contributed by atoms with E-state index in [1.165, 1.54) is 0 Å². The zero-order valence-electron chi connectivity index (χ0n) is 12.6. The Kier molecular flexibility index (Phi) is 4.98. The fourth-order valence-electron chi connectivity index (χ4n) is 2.00. The van der Waals surface area contributed by atoms with Crippen LogP contribution in [0.3, 0.4) is 0 Å². The van der Waals surface area contributed by atoms with Gasteiger partial charge >= 0.3 is 0 Å². The van der Waals surface area contributed by atoms with Crippen molar-refractivity contribution < 1.29 is 9.53 Å². The van der Waals surface area contributed by atoms with Crippen LogP contribution in [0, 0.1) is 6.92 Å². The molecule has 2 atom stereocenters. The van der Waals surface area contributed by atoms with Crippen LogP contribution < -0.4 is 10.1 Å². The maximum absolute atomic E-state index is 12.2. The molecule has 2 aromatic rings. The van der Waals surface area contributed by atoms with E-state index in [2.05, 4.69) is 15.3 Å². The number of imidazole rings is 1. The number of ether oxygens (including phenoxy) is 1. The molecule has 1 amide bonds. The number of benzene rings is 1. The predicted molar refractivity (Wildman–Crippen MR) is 81.0 cm³/mol. The van der Waals surface area contributed by atoms with Gasteiger partial charge in [-0.15, -0.1) is 0 Å². The van der Waals surface area contributed by atoms with E-state index in [-0.39, 0.29) is 11.9 Å². The summed E-state index contributed by atoms with van der Waals surface area (Å²) >= 11 is 0. The largest absolute Gasteiger partial charge is 0.481 e. The second-order valence-corrected chi connectivity index (χ2v) is 5.02. The van der Waals surface area contributed by atoms with Crippen molar-refractivity contribution in [2.24, 2.45) is 0 Å². The normalized spacial score (nSPS) is 13.5. The highest BCUT2D eigenvalue weighted by Gasteiger charge is 2.20. The smallest absolute Gasteiger partial charge is 0.261 e. The number of aryl methyl sites for hydroxylation is 1. The first-order valence-electron chi connectivity index (χ1n) is 7.13. The molecule has 2 rings (SSSR count). The molecule has 2 unspecified atom stereocenters. The second kappa shape index (κ2) is 6.92. The zero-order valence-corrected chi connectivity index (χ0v) is 12.6. The molecule has 0 bridgehead atoms. The van der Waals surface area contributed by atoms with Crippen LogP contribution in [0.4, 0.5) is 0 Å². The van der Waals surface area contributed by atoms with Gasteiger partial charge in [0.2, 0.25) is 0 Å². The lowest BCUT2D eigenvalue weighted by Crippen LogP contribution is -2.38. The average molecular weight is 287 g/mol. The Hall–Kier alpha value is -2.30. The van der Waals surface area contributed by atoms with E-state index in [9.17, 15) is 4.79 Å². The first-order valence-corrected chi connectivity index (χ1v) is 7.13. The van der Waals surface area contributed by atoms with E-state index in [4.69, 9.17) is 4.74 Å². The number of aromatic nitrogens is 2. The van der Waals surface area contributed by atoms with Gasteiger partial charge in [0.1, 0.15) is 11.6 Å². The number of H-pyrrole nitrogens is 1. The van der Waals surface area contributed by atoms with Gasteiger partial charge in [-0.2, -0.15) is 0 Å². The maximum Gasteiger partial charge on any atom is 0.261 e. The summed E-state index contributed by atoms with van der Waals surface area (Å²) in [7, 11) is 0. The highest BCUT2D eigenvalue weighted by molar-refractivity contribution is 5.81. The summed E-state index contributed by atoms with van der Waals surface area (Å²) in [5.74, 6) is 1.29. The molecular weight excluding hydrogens is 266 g/mol. The Bertz CT molecular complexity index is 564. The predicted octanol–water partition coefficient (Wildman–Crippen LogP) is 2.75. The van der Waals surface area contributed by atoms with Gasteiger partial charge in [-0.3, -0.25) is 4.79 Å². The van der Waals surface area contributed by atoms with Gasteiger partial charge in [-0.05, 0) is 32.4 Å². The number of amides is 1. The Labute approximate surface area is 124 Å². The Morgan fingerprint density at radius 3 is 2.67 bits per heavy atom. The number of aromatic amines is 1. The lowest BCUT2D eigenvalue weighted by Gasteiger charge is -2.19. The lowest BCUT2D eigenvalue weighted by atomic mass is 10.2. The monoisotopic (exact) mass is 287 g/mol. The van der Waals surface area contributed by atoms with Gasteiger partial charge in [0.15, 0.2) is 6.10 Å². The van der Waals surface area contributed by atoms with E-state index < -0.39 is 6.10 Å². The maximum atomic E-state index is 12.2. The van der Waals surface area contributed by atoms with E-state index >= 15 is 0 Å². The van der Waals surface area contributed by atoms with Crippen molar-refractivity contribution in [1.82, 2.24) is 15.3 Å². The first-order chi connectivity index (χ1) is 10.1. The molecule has 0 saturated carbocycles. The summed E-state index contributed by atoms with van der Waals surface area (Å²) in [5, 5.41) is 2.94. The van der Waals surface area contributed by atoms with Crippen LogP contribution >= 0.6 is 0 Å². The Balaban J connectivity index is 1.94.